The summed E-state index contributed by atoms with van der Waals surface area (Å²) in [5.41, 5.74) is 2.62. The van der Waals surface area contributed by atoms with Crippen molar-refractivity contribution in [2.24, 2.45) is 0 Å². The van der Waals surface area contributed by atoms with Crippen LogP contribution in [0.2, 0.25) is 0 Å². The van der Waals surface area contributed by atoms with Crippen LogP contribution < -0.4 is 4.74 Å². The van der Waals surface area contributed by atoms with E-state index in [1.54, 1.807) is 12.5 Å². The van der Waals surface area contributed by atoms with Gasteiger partial charge in [0.15, 0.2) is 0 Å². The third-order valence-corrected chi connectivity index (χ3v) is 3.35. The van der Waals surface area contributed by atoms with Gasteiger partial charge >= 0.3 is 0 Å². The molecule has 3 rings (SSSR count). The molecule has 106 valence electrons. The SMILES string of the molecule is c1ccc(Cc2ccc(OCCn3ccnc3)cc2)cc1. The van der Waals surface area contributed by atoms with E-state index in [1.807, 2.05) is 29.0 Å². The van der Waals surface area contributed by atoms with Crippen molar-refractivity contribution in [2.75, 3.05) is 6.61 Å². The summed E-state index contributed by atoms with van der Waals surface area (Å²) in [6.45, 7) is 1.46. The van der Waals surface area contributed by atoms with Crippen LogP contribution in [-0.4, -0.2) is 16.2 Å². The molecule has 0 saturated carbocycles. The Labute approximate surface area is 124 Å². The van der Waals surface area contributed by atoms with Crippen LogP contribution in [0.4, 0.5) is 0 Å². The predicted octanol–water partition coefficient (Wildman–Crippen LogP) is 3.55. The van der Waals surface area contributed by atoms with Crippen LogP contribution in [0.1, 0.15) is 11.1 Å². The van der Waals surface area contributed by atoms with Crippen LogP contribution in [0, 0.1) is 0 Å². The number of hydrogen-bond donors (Lipinski definition) is 0. The molecule has 3 aromatic rings. The van der Waals surface area contributed by atoms with Crippen molar-refractivity contribution in [1.29, 1.82) is 0 Å². The van der Waals surface area contributed by atoms with E-state index >= 15 is 0 Å². The summed E-state index contributed by atoms with van der Waals surface area (Å²) in [7, 11) is 0. The highest BCUT2D eigenvalue weighted by Crippen LogP contribution is 2.15. The fourth-order valence-corrected chi connectivity index (χ4v) is 2.22. The Kier molecular flexibility index (Phi) is 4.32. The molecule has 0 N–H and O–H groups in total. The van der Waals surface area contributed by atoms with E-state index in [0.29, 0.717) is 6.61 Å². The molecule has 0 fully saturated rings. The molecule has 0 saturated heterocycles. The van der Waals surface area contributed by atoms with Gasteiger partial charge in [-0.3, -0.25) is 0 Å². The first-order valence-electron chi connectivity index (χ1n) is 7.11. The van der Waals surface area contributed by atoms with E-state index in [0.717, 1.165) is 18.7 Å². The summed E-state index contributed by atoms with van der Waals surface area (Å²) in [4.78, 5) is 4.01. The average molecular weight is 278 g/mol. The van der Waals surface area contributed by atoms with Crippen LogP contribution >= 0.6 is 0 Å². The molecule has 0 aliphatic rings. The van der Waals surface area contributed by atoms with E-state index in [4.69, 9.17) is 4.74 Å². The van der Waals surface area contributed by atoms with Crippen molar-refractivity contribution in [2.45, 2.75) is 13.0 Å². The number of imidazole rings is 1. The van der Waals surface area contributed by atoms with Crippen molar-refractivity contribution in [3.63, 3.8) is 0 Å². The zero-order valence-electron chi connectivity index (χ0n) is 11.9. The molecule has 0 aliphatic carbocycles. The molecule has 0 atom stereocenters. The Balaban J connectivity index is 1.52. The predicted molar refractivity (Wildman–Crippen MR) is 83.4 cm³/mol. The molecule has 2 aromatic carbocycles. The van der Waals surface area contributed by atoms with Crippen molar-refractivity contribution in [1.82, 2.24) is 9.55 Å². The largest absolute Gasteiger partial charge is 0.492 e. The van der Waals surface area contributed by atoms with Crippen LogP contribution in [0.5, 0.6) is 5.75 Å². The first kappa shape index (κ1) is 13.4. The molecular formula is C18H18N2O. The van der Waals surface area contributed by atoms with Gasteiger partial charge in [-0.1, -0.05) is 42.5 Å². The first-order chi connectivity index (χ1) is 10.4. The second-order valence-electron chi connectivity index (χ2n) is 4.96. The monoisotopic (exact) mass is 278 g/mol. The number of ether oxygens (including phenoxy) is 1. The number of aromatic nitrogens is 2. The highest BCUT2D eigenvalue weighted by atomic mass is 16.5. The van der Waals surface area contributed by atoms with E-state index < -0.39 is 0 Å². The van der Waals surface area contributed by atoms with E-state index in [9.17, 15) is 0 Å². The zero-order chi connectivity index (χ0) is 14.3. The summed E-state index contributed by atoms with van der Waals surface area (Å²) in [5, 5.41) is 0. The van der Waals surface area contributed by atoms with Crippen LogP contribution in [0.25, 0.3) is 0 Å². The highest BCUT2D eigenvalue weighted by molar-refractivity contribution is 5.31. The molecule has 0 radical (unpaired) electrons. The smallest absolute Gasteiger partial charge is 0.119 e. The van der Waals surface area contributed by atoms with Gasteiger partial charge in [0.2, 0.25) is 0 Å². The molecule has 0 spiro atoms. The van der Waals surface area contributed by atoms with Crippen molar-refractivity contribution < 1.29 is 4.74 Å². The average Bonchev–Trinajstić information content (AvgIpc) is 3.03. The van der Waals surface area contributed by atoms with Crippen LogP contribution in [-0.2, 0) is 13.0 Å². The quantitative estimate of drug-likeness (QED) is 0.689. The van der Waals surface area contributed by atoms with Crippen molar-refractivity contribution in [3.05, 3.63) is 84.4 Å². The molecule has 0 bridgehead atoms. The Hall–Kier alpha value is -2.55. The standard InChI is InChI=1S/C18H18N2O/c1-2-4-16(5-3-1)14-17-6-8-18(9-7-17)21-13-12-20-11-10-19-15-20/h1-11,15H,12-14H2. The fraction of sp³-hybridized carbons (Fsp3) is 0.167. The van der Waals surface area contributed by atoms with Crippen LogP contribution in [0.15, 0.2) is 73.3 Å². The lowest BCUT2D eigenvalue weighted by atomic mass is 10.1. The maximum absolute atomic E-state index is 5.74. The molecule has 0 unspecified atom stereocenters. The second-order valence-corrected chi connectivity index (χ2v) is 4.96. The minimum atomic E-state index is 0.647. The lowest BCUT2D eigenvalue weighted by molar-refractivity contribution is 0.298. The van der Waals surface area contributed by atoms with Gasteiger partial charge in [0.1, 0.15) is 12.4 Å². The molecule has 0 amide bonds. The molecular weight excluding hydrogens is 260 g/mol. The maximum atomic E-state index is 5.74. The lowest BCUT2D eigenvalue weighted by Crippen LogP contribution is -2.06. The number of benzene rings is 2. The molecule has 3 nitrogen and oxygen atoms in total. The lowest BCUT2D eigenvalue weighted by Gasteiger charge is -2.08. The van der Waals surface area contributed by atoms with E-state index in [2.05, 4.69) is 41.4 Å². The van der Waals surface area contributed by atoms with Gasteiger partial charge < -0.3 is 9.30 Å². The Morgan fingerprint density at radius 3 is 2.38 bits per heavy atom. The van der Waals surface area contributed by atoms with Crippen molar-refractivity contribution in [3.8, 4) is 5.75 Å². The summed E-state index contributed by atoms with van der Waals surface area (Å²) < 4.78 is 7.74. The van der Waals surface area contributed by atoms with E-state index in [1.165, 1.54) is 11.1 Å². The minimum Gasteiger partial charge on any atom is -0.492 e. The highest BCUT2D eigenvalue weighted by Gasteiger charge is 1.98. The summed E-state index contributed by atoms with van der Waals surface area (Å²) in [5.74, 6) is 0.909. The van der Waals surface area contributed by atoms with Gasteiger partial charge in [0.05, 0.1) is 12.9 Å². The van der Waals surface area contributed by atoms with Gasteiger partial charge in [0, 0.05) is 12.4 Å². The van der Waals surface area contributed by atoms with Gasteiger partial charge in [0.25, 0.3) is 0 Å². The summed E-state index contributed by atoms with van der Waals surface area (Å²) in [6.07, 6.45) is 6.47. The Morgan fingerprint density at radius 1 is 0.905 bits per heavy atom. The first-order valence-corrected chi connectivity index (χ1v) is 7.11. The Bertz CT molecular complexity index is 645. The van der Waals surface area contributed by atoms with Gasteiger partial charge in [-0.05, 0) is 29.7 Å². The summed E-state index contributed by atoms with van der Waals surface area (Å²) in [6, 6.07) is 18.8. The molecule has 1 aromatic heterocycles. The maximum Gasteiger partial charge on any atom is 0.119 e. The molecule has 21 heavy (non-hydrogen) atoms. The number of nitrogens with zero attached hydrogens (tertiary/aromatic N) is 2. The van der Waals surface area contributed by atoms with E-state index in [-0.39, 0.29) is 0 Å². The normalized spacial score (nSPS) is 10.5. The third kappa shape index (κ3) is 3.96. The topological polar surface area (TPSA) is 27.1 Å². The second kappa shape index (κ2) is 6.75. The van der Waals surface area contributed by atoms with Gasteiger partial charge in [-0.2, -0.15) is 0 Å². The molecule has 1 heterocycles. The Morgan fingerprint density at radius 2 is 1.67 bits per heavy atom. The van der Waals surface area contributed by atoms with Crippen molar-refractivity contribution >= 4 is 0 Å². The molecule has 0 aliphatic heterocycles. The number of rotatable bonds is 6. The van der Waals surface area contributed by atoms with Crippen LogP contribution in [0.3, 0.4) is 0 Å². The third-order valence-electron chi connectivity index (χ3n) is 3.35. The van der Waals surface area contributed by atoms with Gasteiger partial charge in [-0.25, -0.2) is 4.98 Å². The number of hydrogen-bond acceptors (Lipinski definition) is 2. The fourth-order valence-electron chi connectivity index (χ4n) is 2.22. The zero-order valence-corrected chi connectivity index (χ0v) is 11.9. The minimum absolute atomic E-state index is 0.647. The summed E-state index contributed by atoms with van der Waals surface area (Å²) >= 11 is 0. The van der Waals surface area contributed by atoms with Gasteiger partial charge in [-0.15, -0.1) is 0 Å². The molecule has 3 heteroatoms.